The number of carbonyl (C=O) groups excluding carboxylic acids is 2. The van der Waals surface area contributed by atoms with Crippen LogP contribution in [0.15, 0.2) is 54.6 Å². The first-order valence-electron chi connectivity index (χ1n) is 8.82. The molecule has 0 heterocycles. The fourth-order valence-electron chi connectivity index (χ4n) is 2.19. The van der Waals surface area contributed by atoms with E-state index in [-0.39, 0.29) is 6.61 Å². The Morgan fingerprint density at radius 3 is 2.15 bits per heavy atom. The van der Waals surface area contributed by atoms with Crippen LogP contribution in [0.25, 0.3) is 6.08 Å². The standard InChI is InChI=1S/C21H24N2O4/c1-3-16-5-10-19(11-6-16)27-15-21(25)23-22-20(24)14-9-17-7-12-18(13-8-17)26-4-2/h5-14H,3-4,15H2,1-2H3,(H,22,24)(H,23,25)/b14-9+. The van der Waals surface area contributed by atoms with Crippen molar-refractivity contribution in [2.45, 2.75) is 20.3 Å². The lowest BCUT2D eigenvalue weighted by molar-refractivity contribution is -0.128. The Labute approximate surface area is 159 Å². The molecule has 0 aliphatic heterocycles. The van der Waals surface area contributed by atoms with Gasteiger partial charge < -0.3 is 9.47 Å². The third kappa shape index (κ3) is 7.23. The molecule has 0 aliphatic carbocycles. The Morgan fingerprint density at radius 1 is 0.889 bits per heavy atom. The van der Waals surface area contributed by atoms with Crippen molar-refractivity contribution in [1.82, 2.24) is 10.9 Å². The minimum absolute atomic E-state index is 0.186. The van der Waals surface area contributed by atoms with Crippen LogP contribution in [0.4, 0.5) is 0 Å². The SMILES string of the molecule is CCOc1ccc(/C=C/C(=O)NNC(=O)COc2ccc(CC)cc2)cc1. The van der Waals surface area contributed by atoms with Crippen molar-refractivity contribution in [1.29, 1.82) is 0 Å². The van der Waals surface area contributed by atoms with Crippen LogP contribution in [0, 0.1) is 0 Å². The molecule has 142 valence electrons. The van der Waals surface area contributed by atoms with Gasteiger partial charge in [-0.15, -0.1) is 0 Å². The van der Waals surface area contributed by atoms with Crippen LogP contribution in [0.2, 0.25) is 0 Å². The van der Waals surface area contributed by atoms with Crippen molar-refractivity contribution in [3.63, 3.8) is 0 Å². The zero-order valence-electron chi connectivity index (χ0n) is 15.5. The number of aryl methyl sites for hydroxylation is 1. The van der Waals surface area contributed by atoms with Crippen LogP contribution in [0.5, 0.6) is 11.5 Å². The Bertz CT molecular complexity index is 768. The molecule has 2 aromatic carbocycles. The van der Waals surface area contributed by atoms with E-state index in [4.69, 9.17) is 9.47 Å². The Kier molecular flexibility index (Phi) is 7.91. The number of ether oxygens (including phenoxy) is 2. The third-order valence-electron chi connectivity index (χ3n) is 3.64. The summed E-state index contributed by atoms with van der Waals surface area (Å²) in [6.45, 7) is 4.40. The Balaban J connectivity index is 1.71. The smallest absolute Gasteiger partial charge is 0.276 e. The molecule has 0 spiro atoms. The number of carbonyl (C=O) groups is 2. The molecule has 2 N–H and O–H groups in total. The second-order valence-corrected chi connectivity index (χ2v) is 5.66. The van der Waals surface area contributed by atoms with E-state index in [1.165, 1.54) is 11.6 Å². The van der Waals surface area contributed by atoms with Gasteiger partial charge in [-0.2, -0.15) is 0 Å². The Hall–Kier alpha value is -3.28. The Morgan fingerprint density at radius 2 is 1.52 bits per heavy atom. The van der Waals surface area contributed by atoms with Gasteiger partial charge in [-0.05, 0) is 54.8 Å². The summed E-state index contributed by atoms with van der Waals surface area (Å²) in [7, 11) is 0. The molecule has 0 aromatic heterocycles. The predicted molar refractivity (Wildman–Crippen MR) is 104 cm³/mol. The van der Waals surface area contributed by atoms with Crippen molar-refractivity contribution in [3.05, 3.63) is 65.7 Å². The molecule has 0 atom stereocenters. The van der Waals surface area contributed by atoms with Crippen LogP contribution in [-0.2, 0) is 16.0 Å². The number of rotatable bonds is 8. The maximum Gasteiger partial charge on any atom is 0.276 e. The summed E-state index contributed by atoms with van der Waals surface area (Å²) < 4.78 is 10.7. The largest absolute Gasteiger partial charge is 0.494 e. The summed E-state index contributed by atoms with van der Waals surface area (Å²) in [5.41, 5.74) is 6.65. The van der Waals surface area contributed by atoms with E-state index in [0.717, 1.165) is 17.7 Å². The zero-order chi connectivity index (χ0) is 19.5. The predicted octanol–water partition coefficient (Wildman–Crippen LogP) is 2.89. The highest BCUT2D eigenvalue weighted by Crippen LogP contribution is 2.13. The molecule has 0 aliphatic rings. The van der Waals surface area contributed by atoms with Gasteiger partial charge in [-0.25, -0.2) is 0 Å². The second-order valence-electron chi connectivity index (χ2n) is 5.66. The quantitative estimate of drug-likeness (QED) is 0.555. The molecular weight excluding hydrogens is 344 g/mol. The molecule has 2 aromatic rings. The molecule has 0 radical (unpaired) electrons. The summed E-state index contributed by atoms with van der Waals surface area (Å²) in [4.78, 5) is 23.5. The van der Waals surface area contributed by atoms with Crippen LogP contribution < -0.4 is 20.3 Å². The van der Waals surface area contributed by atoms with Crippen LogP contribution in [0.3, 0.4) is 0 Å². The molecule has 0 bridgehead atoms. The van der Waals surface area contributed by atoms with E-state index >= 15 is 0 Å². The van der Waals surface area contributed by atoms with Crippen molar-refractivity contribution in [2.75, 3.05) is 13.2 Å². The number of hydrogen-bond donors (Lipinski definition) is 2. The molecular formula is C21H24N2O4. The van der Waals surface area contributed by atoms with Gasteiger partial charge in [0.15, 0.2) is 6.61 Å². The van der Waals surface area contributed by atoms with Crippen molar-refractivity contribution in [2.24, 2.45) is 0 Å². The van der Waals surface area contributed by atoms with Gasteiger partial charge >= 0.3 is 0 Å². The molecule has 6 heteroatoms. The number of hydrazine groups is 1. The summed E-state index contributed by atoms with van der Waals surface area (Å²) in [5.74, 6) is 0.488. The van der Waals surface area contributed by atoms with Gasteiger partial charge in [-0.1, -0.05) is 31.2 Å². The topological polar surface area (TPSA) is 76.7 Å². The van der Waals surface area contributed by atoms with E-state index in [2.05, 4.69) is 17.8 Å². The number of nitrogens with one attached hydrogen (secondary N) is 2. The molecule has 6 nitrogen and oxygen atoms in total. The molecule has 27 heavy (non-hydrogen) atoms. The fourth-order valence-corrected chi connectivity index (χ4v) is 2.19. The highest BCUT2D eigenvalue weighted by molar-refractivity contribution is 5.93. The maximum absolute atomic E-state index is 11.8. The average molecular weight is 368 g/mol. The van der Waals surface area contributed by atoms with Gasteiger partial charge in [0.2, 0.25) is 0 Å². The lowest BCUT2D eigenvalue weighted by Gasteiger charge is -2.08. The summed E-state index contributed by atoms with van der Waals surface area (Å²) in [6, 6.07) is 14.8. The molecule has 0 unspecified atom stereocenters. The lowest BCUT2D eigenvalue weighted by Crippen LogP contribution is -2.43. The molecule has 0 fully saturated rings. The highest BCUT2D eigenvalue weighted by Gasteiger charge is 2.04. The summed E-state index contributed by atoms with van der Waals surface area (Å²) in [5, 5.41) is 0. The van der Waals surface area contributed by atoms with Gasteiger partial charge in [0.1, 0.15) is 11.5 Å². The van der Waals surface area contributed by atoms with Crippen molar-refractivity contribution < 1.29 is 19.1 Å². The first-order valence-corrected chi connectivity index (χ1v) is 8.82. The van der Waals surface area contributed by atoms with E-state index in [1.807, 2.05) is 55.5 Å². The van der Waals surface area contributed by atoms with Gasteiger partial charge in [0.05, 0.1) is 6.61 Å². The maximum atomic E-state index is 11.8. The molecule has 0 saturated heterocycles. The van der Waals surface area contributed by atoms with Crippen molar-refractivity contribution in [3.8, 4) is 11.5 Å². The third-order valence-corrected chi connectivity index (χ3v) is 3.64. The molecule has 2 rings (SSSR count). The number of amides is 2. The minimum atomic E-state index is -0.447. The van der Waals surface area contributed by atoms with Gasteiger partial charge in [0.25, 0.3) is 11.8 Å². The fraction of sp³-hybridized carbons (Fsp3) is 0.238. The highest BCUT2D eigenvalue weighted by atomic mass is 16.5. The molecule has 2 amide bonds. The van der Waals surface area contributed by atoms with Gasteiger partial charge in [-0.3, -0.25) is 20.4 Å². The summed E-state index contributed by atoms with van der Waals surface area (Å²) >= 11 is 0. The van der Waals surface area contributed by atoms with E-state index in [0.29, 0.717) is 12.4 Å². The number of hydrogen-bond acceptors (Lipinski definition) is 4. The van der Waals surface area contributed by atoms with E-state index in [9.17, 15) is 9.59 Å². The molecule has 0 saturated carbocycles. The number of benzene rings is 2. The van der Waals surface area contributed by atoms with Crippen LogP contribution in [-0.4, -0.2) is 25.0 Å². The monoisotopic (exact) mass is 368 g/mol. The average Bonchev–Trinajstić information content (AvgIpc) is 2.70. The lowest BCUT2D eigenvalue weighted by atomic mass is 10.2. The van der Waals surface area contributed by atoms with Crippen LogP contribution in [0.1, 0.15) is 25.0 Å². The van der Waals surface area contributed by atoms with Crippen molar-refractivity contribution >= 4 is 17.9 Å². The minimum Gasteiger partial charge on any atom is -0.494 e. The first kappa shape index (κ1) is 20.0. The van der Waals surface area contributed by atoms with Crippen LogP contribution >= 0.6 is 0 Å². The van der Waals surface area contributed by atoms with Gasteiger partial charge in [0, 0.05) is 6.08 Å². The van der Waals surface area contributed by atoms with E-state index in [1.54, 1.807) is 6.08 Å². The normalized spacial score (nSPS) is 10.4. The zero-order valence-corrected chi connectivity index (χ0v) is 15.5. The summed E-state index contributed by atoms with van der Waals surface area (Å²) in [6.07, 6.45) is 3.92. The first-order chi connectivity index (χ1) is 13.1. The second kappa shape index (κ2) is 10.7. The van der Waals surface area contributed by atoms with E-state index < -0.39 is 11.8 Å².